The number of fused-ring (bicyclic) bond motifs is 1. The van der Waals surface area contributed by atoms with E-state index < -0.39 is 23.2 Å². The number of aryl methyl sites for hydroxylation is 1. The van der Waals surface area contributed by atoms with E-state index in [-0.39, 0.29) is 34.4 Å². The van der Waals surface area contributed by atoms with E-state index in [9.17, 15) is 24.5 Å². The van der Waals surface area contributed by atoms with E-state index >= 15 is 0 Å². The first-order valence-corrected chi connectivity index (χ1v) is 10.9. The summed E-state index contributed by atoms with van der Waals surface area (Å²) in [6.45, 7) is 1.22. The molecule has 0 fully saturated rings. The number of nitrogens with one attached hydrogen (secondary N) is 1. The van der Waals surface area contributed by atoms with Gasteiger partial charge in [-0.1, -0.05) is 41.9 Å². The summed E-state index contributed by atoms with van der Waals surface area (Å²) in [7, 11) is 0. The topological polar surface area (TPSA) is 122 Å². The predicted octanol–water partition coefficient (Wildman–Crippen LogP) is 4.21. The standard InChI is InChI=1S/C25H19ClN4O5/c1-15-5-4-6-16(11-15)28-23(32)14-29-21-8-3-2-7-18(21)24(25(29)33)27-13-22(31)19-12-17(30(34)35)9-10-20(19)26/h2-12H,13-14H2,1H3,(H,28,32). The van der Waals surface area contributed by atoms with Crippen molar-refractivity contribution in [3.63, 3.8) is 0 Å². The van der Waals surface area contributed by atoms with Crippen LogP contribution in [0.15, 0.2) is 71.7 Å². The molecule has 0 aromatic heterocycles. The van der Waals surface area contributed by atoms with Crippen LogP contribution in [0.5, 0.6) is 0 Å². The van der Waals surface area contributed by atoms with Crippen molar-refractivity contribution >= 4 is 52.0 Å². The molecule has 0 radical (unpaired) electrons. The quantitative estimate of drug-likeness (QED) is 0.302. The maximum atomic E-state index is 13.2. The minimum absolute atomic E-state index is 0.0267. The highest BCUT2D eigenvalue weighted by Gasteiger charge is 2.35. The highest BCUT2D eigenvalue weighted by Crippen LogP contribution is 2.29. The molecule has 0 saturated heterocycles. The SMILES string of the molecule is Cc1cccc(NC(=O)CN2C(=O)C(=NCC(=O)c3cc([N+](=O)[O-])ccc3Cl)c3ccccc32)c1. The van der Waals surface area contributed by atoms with Crippen LogP contribution >= 0.6 is 11.6 Å². The molecule has 3 aromatic rings. The normalized spacial score (nSPS) is 13.6. The number of carbonyl (C=O) groups excluding carboxylic acids is 3. The molecule has 9 nitrogen and oxygen atoms in total. The third kappa shape index (κ3) is 5.10. The van der Waals surface area contributed by atoms with E-state index in [1.807, 2.05) is 25.1 Å². The number of anilines is 2. The Morgan fingerprint density at radius 1 is 1.09 bits per heavy atom. The predicted molar refractivity (Wildman–Crippen MR) is 132 cm³/mol. The maximum Gasteiger partial charge on any atom is 0.277 e. The first kappa shape index (κ1) is 23.8. The molecule has 176 valence electrons. The van der Waals surface area contributed by atoms with E-state index in [1.54, 1.807) is 30.3 Å². The smallest absolute Gasteiger partial charge is 0.277 e. The van der Waals surface area contributed by atoms with E-state index in [1.165, 1.54) is 17.0 Å². The second-order valence-electron chi connectivity index (χ2n) is 7.84. The molecule has 0 saturated carbocycles. The summed E-state index contributed by atoms with van der Waals surface area (Å²) in [5.41, 5.74) is 2.27. The largest absolute Gasteiger partial charge is 0.325 e. The summed E-state index contributed by atoms with van der Waals surface area (Å²) in [4.78, 5) is 54.4. The van der Waals surface area contributed by atoms with Gasteiger partial charge in [0.2, 0.25) is 5.91 Å². The lowest BCUT2D eigenvalue weighted by Gasteiger charge is -2.16. The van der Waals surface area contributed by atoms with E-state index in [0.29, 0.717) is 16.9 Å². The molecule has 10 heteroatoms. The van der Waals surface area contributed by atoms with Gasteiger partial charge in [0.15, 0.2) is 5.78 Å². The summed E-state index contributed by atoms with van der Waals surface area (Å²) in [6, 6.07) is 17.6. The lowest BCUT2D eigenvalue weighted by atomic mass is 10.1. The second-order valence-corrected chi connectivity index (χ2v) is 8.24. The van der Waals surface area contributed by atoms with Crippen molar-refractivity contribution in [2.45, 2.75) is 6.92 Å². The van der Waals surface area contributed by atoms with Crippen LogP contribution in [0.1, 0.15) is 21.5 Å². The Kier molecular flexibility index (Phi) is 6.70. The summed E-state index contributed by atoms with van der Waals surface area (Å²) < 4.78 is 0. The summed E-state index contributed by atoms with van der Waals surface area (Å²) in [5.74, 6) is -1.49. The fourth-order valence-electron chi connectivity index (χ4n) is 3.71. The Morgan fingerprint density at radius 2 is 1.86 bits per heavy atom. The molecule has 3 aromatic carbocycles. The van der Waals surface area contributed by atoms with Gasteiger partial charge in [-0.05, 0) is 36.8 Å². The number of nitrogens with zero attached hydrogens (tertiary/aromatic N) is 3. The minimum Gasteiger partial charge on any atom is -0.325 e. The van der Waals surface area contributed by atoms with Crippen molar-refractivity contribution in [2.24, 2.45) is 4.99 Å². The van der Waals surface area contributed by atoms with Crippen LogP contribution in [0.3, 0.4) is 0 Å². The first-order valence-electron chi connectivity index (χ1n) is 10.5. The third-order valence-corrected chi connectivity index (χ3v) is 5.67. The van der Waals surface area contributed by atoms with E-state index in [4.69, 9.17) is 11.6 Å². The molecule has 1 heterocycles. The number of halogens is 1. The van der Waals surface area contributed by atoms with Gasteiger partial charge in [-0.25, -0.2) is 0 Å². The zero-order chi connectivity index (χ0) is 25.1. The molecule has 1 aliphatic heterocycles. The highest BCUT2D eigenvalue weighted by atomic mass is 35.5. The average molecular weight is 491 g/mol. The summed E-state index contributed by atoms with van der Waals surface area (Å²) >= 11 is 6.05. The number of hydrogen-bond donors (Lipinski definition) is 1. The number of non-ortho nitro benzene ring substituents is 1. The average Bonchev–Trinajstić information content (AvgIpc) is 3.08. The monoisotopic (exact) mass is 490 g/mol. The molecule has 1 aliphatic rings. The Morgan fingerprint density at radius 3 is 2.60 bits per heavy atom. The molecular formula is C25H19ClN4O5. The zero-order valence-electron chi connectivity index (χ0n) is 18.5. The van der Waals surface area contributed by atoms with Gasteiger partial charge in [-0.3, -0.25) is 34.4 Å². The van der Waals surface area contributed by atoms with Gasteiger partial charge in [0.1, 0.15) is 18.8 Å². The minimum atomic E-state index is -0.630. The van der Waals surface area contributed by atoms with E-state index in [0.717, 1.165) is 11.6 Å². The molecular weight excluding hydrogens is 472 g/mol. The lowest BCUT2D eigenvalue weighted by molar-refractivity contribution is -0.384. The van der Waals surface area contributed by atoms with Crippen LogP contribution in [-0.4, -0.2) is 41.3 Å². The van der Waals surface area contributed by atoms with Crippen molar-refractivity contribution in [2.75, 3.05) is 23.3 Å². The van der Waals surface area contributed by atoms with Crippen molar-refractivity contribution in [3.8, 4) is 0 Å². The van der Waals surface area contributed by atoms with Gasteiger partial charge in [0.05, 0.1) is 15.6 Å². The van der Waals surface area contributed by atoms with Crippen molar-refractivity contribution < 1.29 is 19.3 Å². The number of Topliss-reactive ketones (excluding diaryl/α,β-unsaturated/α-hetero) is 1. The van der Waals surface area contributed by atoms with Crippen LogP contribution in [0, 0.1) is 17.0 Å². The fraction of sp³-hybridized carbons (Fsp3) is 0.120. The van der Waals surface area contributed by atoms with Crippen LogP contribution in [-0.2, 0) is 9.59 Å². The van der Waals surface area contributed by atoms with Gasteiger partial charge in [0, 0.05) is 28.9 Å². The lowest BCUT2D eigenvalue weighted by Crippen LogP contribution is -2.37. The molecule has 4 rings (SSSR count). The van der Waals surface area contributed by atoms with Gasteiger partial charge < -0.3 is 5.32 Å². The van der Waals surface area contributed by atoms with E-state index in [2.05, 4.69) is 10.3 Å². The number of rotatable bonds is 7. The number of para-hydroxylation sites is 1. The molecule has 0 aliphatic carbocycles. The molecule has 1 N–H and O–H groups in total. The summed E-state index contributed by atoms with van der Waals surface area (Å²) in [5, 5.41) is 13.9. The number of nitro benzene ring substituents is 1. The molecule has 0 bridgehead atoms. The zero-order valence-corrected chi connectivity index (χ0v) is 19.3. The number of ketones is 1. The molecule has 0 atom stereocenters. The van der Waals surface area contributed by atoms with Crippen LogP contribution in [0.4, 0.5) is 17.1 Å². The van der Waals surface area contributed by atoms with Gasteiger partial charge in [-0.2, -0.15) is 0 Å². The maximum absolute atomic E-state index is 13.2. The molecule has 35 heavy (non-hydrogen) atoms. The number of benzene rings is 3. The van der Waals surface area contributed by atoms with Gasteiger partial charge >= 0.3 is 0 Å². The first-order chi connectivity index (χ1) is 16.7. The number of carbonyl (C=O) groups is 3. The Labute approximate surface area is 205 Å². The second kappa shape index (κ2) is 9.86. The Hall–Kier alpha value is -4.37. The molecule has 0 unspecified atom stereocenters. The van der Waals surface area contributed by atoms with Crippen LogP contribution in [0.2, 0.25) is 5.02 Å². The molecule has 2 amide bonds. The number of hydrogen-bond acceptors (Lipinski definition) is 6. The number of amides is 2. The van der Waals surface area contributed by atoms with Crippen molar-refractivity contribution in [1.82, 2.24) is 0 Å². The van der Waals surface area contributed by atoms with Gasteiger partial charge in [0.25, 0.3) is 11.6 Å². The Balaban J connectivity index is 1.55. The number of nitro groups is 1. The fourth-order valence-corrected chi connectivity index (χ4v) is 3.94. The number of aliphatic imine (C=N–C) groups is 1. The van der Waals surface area contributed by atoms with Crippen LogP contribution in [0.25, 0.3) is 0 Å². The van der Waals surface area contributed by atoms with Gasteiger partial charge in [-0.15, -0.1) is 0 Å². The Bertz CT molecular complexity index is 1400. The summed E-state index contributed by atoms with van der Waals surface area (Å²) in [6.07, 6.45) is 0. The van der Waals surface area contributed by atoms with Crippen molar-refractivity contribution in [3.05, 3.63) is 98.6 Å². The third-order valence-electron chi connectivity index (χ3n) is 5.34. The van der Waals surface area contributed by atoms with Crippen LogP contribution < -0.4 is 10.2 Å². The van der Waals surface area contributed by atoms with Crippen molar-refractivity contribution in [1.29, 1.82) is 0 Å². The molecule has 0 spiro atoms. The highest BCUT2D eigenvalue weighted by molar-refractivity contribution is 6.55.